The van der Waals surface area contributed by atoms with E-state index in [4.69, 9.17) is 22.1 Å². The molecule has 0 saturated carbocycles. The highest BCUT2D eigenvalue weighted by Crippen LogP contribution is 2.43. The molecule has 2 amide bonds. The number of nitrogens with zero attached hydrogens (tertiary/aromatic N) is 5. The zero-order valence-electron chi connectivity index (χ0n) is 20.5. The molecule has 0 spiro atoms. The van der Waals surface area contributed by atoms with E-state index in [1.807, 2.05) is 0 Å². The Labute approximate surface area is 229 Å². The highest BCUT2D eigenvalue weighted by Gasteiger charge is 2.26. The predicted molar refractivity (Wildman–Crippen MR) is 142 cm³/mol. The molecular formula is C25H20ClF2N7O3S. The lowest BCUT2D eigenvalue weighted by molar-refractivity contribution is 0.100. The van der Waals surface area contributed by atoms with Crippen molar-refractivity contribution in [3.63, 3.8) is 0 Å². The van der Waals surface area contributed by atoms with Crippen molar-refractivity contribution in [3.05, 3.63) is 75.8 Å². The Kier molecular flexibility index (Phi) is 7.02. The molecule has 0 unspecified atom stereocenters. The van der Waals surface area contributed by atoms with Crippen LogP contribution in [-0.4, -0.2) is 36.4 Å². The molecule has 4 aromatic heterocycles. The van der Waals surface area contributed by atoms with Gasteiger partial charge in [0.15, 0.2) is 12.4 Å². The average Bonchev–Trinajstić information content (AvgIpc) is 3.61. The number of anilines is 1. The number of hydrogen-bond donors (Lipinski definition) is 2. The molecule has 39 heavy (non-hydrogen) atoms. The molecule has 0 saturated heterocycles. The summed E-state index contributed by atoms with van der Waals surface area (Å²) in [6.45, 7) is 1.75. The topological polar surface area (TPSA) is 130 Å². The van der Waals surface area contributed by atoms with Gasteiger partial charge < -0.3 is 15.8 Å². The summed E-state index contributed by atoms with van der Waals surface area (Å²) in [6, 6.07) is 9.60. The number of para-hydroxylation sites is 1. The number of ether oxygens (including phenoxy) is 1. The standard InChI is InChI=1S/C25H20ClF2N7O3S/c1-12-14(10-30-34(12)2)13-9-17(22(27)28)31-25-19(13)20(21(39-25)23(29)36)32-24(37)16-7-8-35(33-16)11-38-18-6-4-3-5-15(18)26/h3-10,22H,11H2,1-2H3,(H2,29,36)(H,32,37). The first kappa shape index (κ1) is 26.3. The first-order valence-electron chi connectivity index (χ1n) is 11.4. The summed E-state index contributed by atoms with van der Waals surface area (Å²) < 4.78 is 36.1. The van der Waals surface area contributed by atoms with Gasteiger partial charge in [-0.2, -0.15) is 10.2 Å². The van der Waals surface area contributed by atoms with E-state index in [-0.39, 0.29) is 27.8 Å². The molecule has 5 aromatic rings. The summed E-state index contributed by atoms with van der Waals surface area (Å²) in [4.78, 5) is 29.7. The number of nitrogens with two attached hydrogens (primary N) is 1. The molecule has 0 fully saturated rings. The summed E-state index contributed by atoms with van der Waals surface area (Å²) in [5.41, 5.74) is 6.76. The highest BCUT2D eigenvalue weighted by atomic mass is 35.5. The van der Waals surface area contributed by atoms with Gasteiger partial charge in [-0.25, -0.2) is 18.4 Å². The molecule has 5 rings (SSSR count). The number of pyridine rings is 1. The number of carbonyl (C=O) groups excluding carboxylic acids is 2. The molecular weight excluding hydrogens is 552 g/mol. The number of halogens is 3. The van der Waals surface area contributed by atoms with Gasteiger partial charge in [-0.1, -0.05) is 23.7 Å². The SMILES string of the molecule is Cc1c(-c2cc(C(F)F)nc3sc(C(N)=O)c(NC(=O)c4ccn(COc5ccccc5Cl)n4)c23)cnn1C. The average molecular weight is 572 g/mol. The molecule has 200 valence electrons. The lowest BCUT2D eigenvalue weighted by atomic mass is 10.0. The summed E-state index contributed by atoms with van der Waals surface area (Å²) in [5.74, 6) is -1.05. The normalized spacial score (nSPS) is 11.3. The van der Waals surface area contributed by atoms with Crippen molar-refractivity contribution in [1.82, 2.24) is 24.5 Å². The summed E-state index contributed by atoms with van der Waals surface area (Å²) >= 11 is 6.92. The minimum Gasteiger partial charge on any atom is -0.470 e. The fourth-order valence-corrected chi connectivity index (χ4v) is 5.13. The van der Waals surface area contributed by atoms with Crippen LogP contribution >= 0.6 is 22.9 Å². The van der Waals surface area contributed by atoms with E-state index >= 15 is 0 Å². The number of fused-ring (bicyclic) bond motifs is 1. The fraction of sp³-hybridized carbons (Fsp3) is 0.160. The van der Waals surface area contributed by atoms with Gasteiger partial charge in [-0.05, 0) is 36.8 Å². The molecule has 0 aliphatic rings. The quantitative estimate of drug-likeness (QED) is 0.264. The largest absolute Gasteiger partial charge is 0.470 e. The number of hydrogen-bond acceptors (Lipinski definition) is 7. The van der Waals surface area contributed by atoms with E-state index < -0.39 is 23.9 Å². The second-order valence-electron chi connectivity index (χ2n) is 8.41. The van der Waals surface area contributed by atoms with Crippen molar-refractivity contribution >= 4 is 50.7 Å². The second kappa shape index (κ2) is 10.4. The number of alkyl halides is 2. The van der Waals surface area contributed by atoms with Crippen LogP contribution in [0.1, 0.15) is 38.0 Å². The lowest BCUT2D eigenvalue weighted by Gasteiger charge is -2.10. The number of benzene rings is 1. The number of carbonyl (C=O) groups is 2. The first-order valence-corrected chi connectivity index (χ1v) is 12.6. The maximum atomic E-state index is 13.7. The van der Waals surface area contributed by atoms with Crippen LogP contribution in [0.15, 0.2) is 48.8 Å². The zero-order valence-corrected chi connectivity index (χ0v) is 22.1. The molecule has 0 bridgehead atoms. The van der Waals surface area contributed by atoms with Crippen molar-refractivity contribution in [2.75, 3.05) is 5.32 Å². The van der Waals surface area contributed by atoms with Crippen LogP contribution < -0.4 is 15.8 Å². The van der Waals surface area contributed by atoms with Gasteiger partial charge in [-0.15, -0.1) is 11.3 Å². The van der Waals surface area contributed by atoms with Gasteiger partial charge in [0.2, 0.25) is 0 Å². The fourth-order valence-electron chi connectivity index (χ4n) is 3.93. The Morgan fingerprint density at radius 2 is 2.00 bits per heavy atom. The van der Waals surface area contributed by atoms with E-state index in [9.17, 15) is 18.4 Å². The summed E-state index contributed by atoms with van der Waals surface area (Å²) in [6.07, 6.45) is 0.194. The van der Waals surface area contributed by atoms with E-state index in [2.05, 4.69) is 20.5 Å². The Morgan fingerprint density at radius 3 is 2.67 bits per heavy atom. The third kappa shape index (κ3) is 5.05. The van der Waals surface area contributed by atoms with Crippen LogP contribution in [-0.2, 0) is 13.8 Å². The number of aromatic nitrogens is 5. The van der Waals surface area contributed by atoms with Crippen LogP contribution in [0.4, 0.5) is 14.5 Å². The molecule has 0 aliphatic heterocycles. The lowest BCUT2D eigenvalue weighted by Crippen LogP contribution is -2.18. The van der Waals surface area contributed by atoms with Crippen molar-refractivity contribution in [2.24, 2.45) is 12.8 Å². The minimum atomic E-state index is -2.86. The number of aryl methyl sites for hydroxylation is 1. The number of rotatable bonds is 8. The van der Waals surface area contributed by atoms with E-state index in [0.717, 1.165) is 11.3 Å². The zero-order chi connectivity index (χ0) is 27.8. The van der Waals surface area contributed by atoms with Gasteiger partial charge in [0.1, 0.15) is 21.2 Å². The Bertz CT molecular complexity index is 1730. The first-order chi connectivity index (χ1) is 18.6. The van der Waals surface area contributed by atoms with Gasteiger partial charge in [0.05, 0.1) is 16.9 Å². The molecule has 0 aliphatic carbocycles. The Balaban J connectivity index is 1.52. The number of nitrogens with one attached hydrogen (secondary N) is 1. The van der Waals surface area contributed by atoms with Gasteiger partial charge in [-0.3, -0.25) is 14.3 Å². The number of amides is 2. The molecule has 10 nitrogen and oxygen atoms in total. The predicted octanol–water partition coefficient (Wildman–Crippen LogP) is 5.18. The molecule has 0 radical (unpaired) electrons. The van der Waals surface area contributed by atoms with E-state index in [0.29, 0.717) is 33.0 Å². The molecule has 14 heteroatoms. The van der Waals surface area contributed by atoms with Crippen LogP contribution in [0.25, 0.3) is 21.3 Å². The van der Waals surface area contributed by atoms with Gasteiger partial charge in [0, 0.05) is 29.9 Å². The maximum absolute atomic E-state index is 13.7. The van der Waals surface area contributed by atoms with Crippen LogP contribution in [0.2, 0.25) is 5.02 Å². The van der Waals surface area contributed by atoms with Gasteiger partial charge >= 0.3 is 0 Å². The minimum absolute atomic E-state index is 0.0174. The monoisotopic (exact) mass is 571 g/mol. The van der Waals surface area contributed by atoms with Crippen LogP contribution in [0.5, 0.6) is 5.75 Å². The summed E-state index contributed by atoms with van der Waals surface area (Å²) in [7, 11) is 1.71. The molecule has 0 atom stereocenters. The van der Waals surface area contributed by atoms with Crippen molar-refractivity contribution in [1.29, 1.82) is 0 Å². The van der Waals surface area contributed by atoms with E-state index in [1.165, 1.54) is 29.2 Å². The smallest absolute Gasteiger partial charge is 0.280 e. The van der Waals surface area contributed by atoms with Crippen molar-refractivity contribution < 1.29 is 23.1 Å². The number of thiophene rings is 1. The maximum Gasteiger partial charge on any atom is 0.280 e. The third-order valence-electron chi connectivity index (χ3n) is 5.96. The highest BCUT2D eigenvalue weighted by molar-refractivity contribution is 7.21. The van der Waals surface area contributed by atoms with Crippen molar-refractivity contribution in [3.8, 4) is 16.9 Å². The van der Waals surface area contributed by atoms with E-state index in [1.54, 1.807) is 42.9 Å². The Hall–Kier alpha value is -4.36. The summed E-state index contributed by atoms with van der Waals surface area (Å²) in [5, 5.41) is 11.8. The molecule has 1 aromatic carbocycles. The molecule has 3 N–H and O–H groups in total. The van der Waals surface area contributed by atoms with Gasteiger partial charge in [0.25, 0.3) is 18.2 Å². The van der Waals surface area contributed by atoms with Crippen LogP contribution in [0, 0.1) is 6.92 Å². The van der Waals surface area contributed by atoms with Crippen molar-refractivity contribution in [2.45, 2.75) is 20.1 Å². The third-order valence-corrected chi connectivity index (χ3v) is 7.37. The second-order valence-corrected chi connectivity index (χ2v) is 9.82. The molecule has 4 heterocycles. The van der Waals surface area contributed by atoms with Crippen LogP contribution in [0.3, 0.4) is 0 Å². The Morgan fingerprint density at radius 1 is 1.23 bits per heavy atom. The number of primary amides is 1.